The number of pyridine rings is 1. The first kappa shape index (κ1) is 16.6. The lowest BCUT2D eigenvalue weighted by Crippen LogP contribution is -2.43. The van der Waals surface area contributed by atoms with Crippen molar-refractivity contribution < 1.29 is 9.84 Å². The minimum Gasteiger partial charge on any atom is -0.384 e. The van der Waals surface area contributed by atoms with Crippen molar-refractivity contribution in [1.82, 2.24) is 24.9 Å². The Balaban J connectivity index is 1.40. The Morgan fingerprint density at radius 1 is 1.24 bits per heavy atom. The van der Waals surface area contributed by atoms with Crippen LogP contribution in [0, 0.1) is 0 Å². The van der Waals surface area contributed by atoms with E-state index in [0.717, 1.165) is 37.4 Å². The van der Waals surface area contributed by atoms with Gasteiger partial charge in [-0.2, -0.15) is 0 Å². The topological polar surface area (TPSA) is 76.3 Å². The predicted molar refractivity (Wildman–Crippen MR) is 92.8 cm³/mol. The van der Waals surface area contributed by atoms with Crippen LogP contribution in [0.15, 0.2) is 24.5 Å². The second-order valence-electron chi connectivity index (χ2n) is 7.57. The summed E-state index contributed by atoms with van der Waals surface area (Å²) in [6.45, 7) is 7.28. The number of nitrogens with zero attached hydrogens (tertiary/aromatic N) is 5. The largest absolute Gasteiger partial charge is 0.384 e. The maximum absolute atomic E-state index is 10.1. The zero-order valence-electron chi connectivity index (χ0n) is 14.8. The van der Waals surface area contributed by atoms with Crippen LogP contribution in [0.25, 0.3) is 11.3 Å². The van der Waals surface area contributed by atoms with Gasteiger partial charge in [-0.3, -0.25) is 14.6 Å². The first-order valence-corrected chi connectivity index (χ1v) is 8.94. The predicted octanol–water partition coefficient (Wildman–Crippen LogP) is 1.43. The van der Waals surface area contributed by atoms with Gasteiger partial charge in [-0.15, -0.1) is 5.10 Å². The molecule has 0 radical (unpaired) electrons. The van der Waals surface area contributed by atoms with Gasteiger partial charge in [0.05, 0.1) is 30.6 Å². The summed E-state index contributed by atoms with van der Waals surface area (Å²) in [4.78, 5) is 6.70. The Morgan fingerprint density at radius 2 is 2.00 bits per heavy atom. The van der Waals surface area contributed by atoms with E-state index in [0.29, 0.717) is 17.9 Å². The fraction of sp³-hybridized carbons (Fsp3) is 0.611. The van der Waals surface area contributed by atoms with E-state index in [-0.39, 0.29) is 0 Å². The summed E-state index contributed by atoms with van der Waals surface area (Å²) >= 11 is 0. The molecule has 1 N–H and O–H groups in total. The number of hydrogen-bond donors (Lipinski definition) is 1. The van der Waals surface area contributed by atoms with Crippen molar-refractivity contribution in [3.63, 3.8) is 0 Å². The highest BCUT2D eigenvalue weighted by Gasteiger charge is 2.33. The average molecular weight is 343 g/mol. The Kier molecular flexibility index (Phi) is 4.31. The molecule has 0 saturated carbocycles. The number of fused-ring (bicyclic) bond motifs is 2. The lowest BCUT2D eigenvalue weighted by Gasteiger charge is -2.31. The number of hydrogen-bond acceptors (Lipinski definition) is 6. The molecule has 4 rings (SSSR count). The number of ether oxygens (including phenoxy) is 1. The molecule has 2 aromatic rings. The summed E-state index contributed by atoms with van der Waals surface area (Å²) < 4.78 is 7.76. The number of aliphatic hydroxyl groups is 1. The summed E-state index contributed by atoms with van der Waals surface area (Å²) in [6, 6.07) is 3.76. The Morgan fingerprint density at radius 3 is 2.72 bits per heavy atom. The quantitative estimate of drug-likeness (QED) is 0.885. The molecule has 25 heavy (non-hydrogen) atoms. The molecule has 2 fully saturated rings. The molecule has 2 aliphatic heterocycles. The van der Waals surface area contributed by atoms with Gasteiger partial charge in [0.15, 0.2) is 0 Å². The average Bonchev–Trinajstić information content (AvgIpc) is 3.19. The van der Waals surface area contributed by atoms with Gasteiger partial charge in [0.25, 0.3) is 0 Å². The molecule has 7 heteroatoms. The number of rotatable bonds is 5. The van der Waals surface area contributed by atoms with Crippen molar-refractivity contribution in [2.45, 2.75) is 51.0 Å². The van der Waals surface area contributed by atoms with Crippen molar-refractivity contribution in [2.75, 3.05) is 19.6 Å². The smallest absolute Gasteiger partial charge is 0.113 e. The van der Waals surface area contributed by atoms with Crippen molar-refractivity contribution in [3.05, 3.63) is 30.2 Å². The monoisotopic (exact) mass is 343 g/mol. The molecule has 4 heterocycles. The van der Waals surface area contributed by atoms with Crippen LogP contribution in [-0.4, -0.2) is 61.8 Å². The Hall–Kier alpha value is -1.83. The van der Waals surface area contributed by atoms with Gasteiger partial charge in [-0.25, -0.2) is 0 Å². The summed E-state index contributed by atoms with van der Waals surface area (Å²) in [5.41, 5.74) is 1.38. The fourth-order valence-electron chi connectivity index (χ4n) is 3.59. The molecule has 2 aliphatic rings. The molecule has 2 aromatic heterocycles. The molecule has 7 nitrogen and oxygen atoms in total. The Bertz CT molecular complexity index is 727. The normalized spacial score (nSPS) is 24.0. The number of likely N-dealkylation sites (tertiary alicyclic amines) is 1. The highest BCUT2D eigenvalue weighted by Crippen LogP contribution is 2.26. The van der Waals surface area contributed by atoms with Gasteiger partial charge in [0.2, 0.25) is 0 Å². The van der Waals surface area contributed by atoms with Crippen LogP contribution in [0.2, 0.25) is 0 Å². The van der Waals surface area contributed by atoms with Crippen LogP contribution in [0.3, 0.4) is 0 Å². The molecular formula is C18H25N5O2. The first-order valence-electron chi connectivity index (χ1n) is 8.94. The molecule has 2 unspecified atom stereocenters. The van der Waals surface area contributed by atoms with Gasteiger partial charge >= 0.3 is 0 Å². The molecule has 0 amide bonds. The van der Waals surface area contributed by atoms with Crippen LogP contribution < -0.4 is 0 Å². The molecule has 2 saturated heterocycles. The van der Waals surface area contributed by atoms with Gasteiger partial charge in [-0.05, 0) is 38.8 Å². The Labute approximate surface area is 147 Å². The lowest BCUT2D eigenvalue weighted by atomic mass is 10.0. The van der Waals surface area contributed by atoms with Crippen LogP contribution in [0.5, 0.6) is 0 Å². The van der Waals surface area contributed by atoms with E-state index in [1.54, 1.807) is 20.0 Å². The van der Waals surface area contributed by atoms with Crippen molar-refractivity contribution in [2.24, 2.45) is 0 Å². The van der Waals surface area contributed by atoms with E-state index in [1.165, 1.54) is 12.8 Å². The van der Waals surface area contributed by atoms with Crippen molar-refractivity contribution in [3.8, 4) is 11.3 Å². The molecule has 2 atom stereocenters. The van der Waals surface area contributed by atoms with Gasteiger partial charge in [0.1, 0.15) is 11.3 Å². The van der Waals surface area contributed by atoms with E-state index in [2.05, 4.69) is 20.2 Å². The van der Waals surface area contributed by atoms with Crippen LogP contribution in [0.1, 0.15) is 32.4 Å². The highest BCUT2D eigenvalue weighted by molar-refractivity contribution is 5.57. The van der Waals surface area contributed by atoms with Gasteiger partial charge < -0.3 is 9.84 Å². The molecular weight excluding hydrogens is 318 g/mol. The van der Waals surface area contributed by atoms with Crippen LogP contribution >= 0.6 is 0 Å². The molecule has 0 aromatic carbocycles. The number of aromatic nitrogens is 4. The minimum absolute atomic E-state index is 0.419. The highest BCUT2D eigenvalue weighted by atomic mass is 16.5. The molecule has 0 aliphatic carbocycles. The minimum atomic E-state index is -0.971. The van der Waals surface area contributed by atoms with Gasteiger partial charge in [-0.1, -0.05) is 5.21 Å². The zero-order chi connectivity index (χ0) is 17.4. The van der Waals surface area contributed by atoms with E-state index in [9.17, 15) is 5.11 Å². The summed E-state index contributed by atoms with van der Waals surface area (Å²) in [6.07, 6.45) is 6.88. The van der Waals surface area contributed by atoms with Crippen LogP contribution in [0.4, 0.5) is 0 Å². The zero-order valence-corrected chi connectivity index (χ0v) is 14.8. The van der Waals surface area contributed by atoms with E-state index < -0.39 is 5.60 Å². The molecule has 0 spiro atoms. The second kappa shape index (κ2) is 6.48. The van der Waals surface area contributed by atoms with Crippen LogP contribution in [-0.2, 0) is 16.9 Å². The summed E-state index contributed by atoms with van der Waals surface area (Å²) in [5, 5.41) is 18.6. The van der Waals surface area contributed by atoms with Crippen molar-refractivity contribution in [1.29, 1.82) is 0 Å². The van der Waals surface area contributed by atoms with Crippen molar-refractivity contribution >= 4 is 0 Å². The second-order valence-corrected chi connectivity index (χ2v) is 7.57. The maximum atomic E-state index is 10.1. The third-order valence-electron chi connectivity index (χ3n) is 4.99. The van der Waals surface area contributed by atoms with Gasteiger partial charge in [0, 0.05) is 31.4 Å². The van der Waals surface area contributed by atoms with E-state index >= 15 is 0 Å². The summed E-state index contributed by atoms with van der Waals surface area (Å²) in [5.74, 6) is 0. The standard InChI is InChI=1S/C18H25N5O2/c1-18(2,24)17-9-13(5-6-19-17)16-12-23(21-20-16)8-7-22-10-14-3-4-15(11-22)25-14/h5-6,9,12,14-15,24H,3-4,7-8,10-11H2,1-2H3. The summed E-state index contributed by atoms with van der Waals surface area (Å²) in [7, 11) is 0. The van der Waals surface area contributed by atoms with E-state index in [4.69, 9.17) is 4.74 Å². The number of morpholine rings is 1. The SMILES string of the molecule is CC(C)(O)c1cc(-c2cn(CCN3CC4CCC(C3)O4)nn2)ccn1. The molecule has 134 valence electrons. The lowest BCUT2D eigenvalue weighted by molar-refractivity contribution is -0.0392. The van der Waals surface area contributed by atoms with E-state index in [1.807, 2.05) is 23.0 Å². The third kappa shape index (κ3) is 3.73. The first-order chi connectivity index (χ1) is 12.0. The molecule has 2 bridgehead atoms. The third-order valence-corrected chi connectivity index (χ3v) is 4.99. The fourth-order valence-corrected chi connectivity index (χ4v) is 3.59. The maximum Gasteiger partial charge on any atom is 0.113 e.